The van der Waals surface area contributed by atoms with Gasteiger partial charge in [-0.15, -0.1) is 0 Å². The fraction of sp³-hybridized carbons (Fsp3) is 0.667. The lowest BCUT2D eigenvalue weighted by atomic mass is 9.96. The Hall–Kier alpha value is -0.390. The average Bonchev–Trinajstić information content (AvgIpc) is 2.45. The highest BCUT2D eigenvalue weighted by Gasteiger charge is 2.31. The first-order chi connectivity index (χ1) is 6.40. The van der Waals surface area contributed by atoms with Crippen LogP contribution in [-0.2, 0) is 11.8 Å². The molecule has 0 saturated carbocycles. The molecule has 0 bridgehead atoms. The Morgan fingerprint density at radius 1 is 1.64 bits per heavy atom. The second kappa shape index (κ2) is 4.00. The molecule has 80 valence electrons. The summed E-state index contributed by atoms with van der Waals surface area (Å²) in [6, 6.07) is -0.214. The molecule has 1 atom stereocenters. The Balaban J connectivity index is 3.06. The Morgan fingerprint density at radius 2 is 2.21 bits per heavy atom. The minimum Gasteiger partial charge on any atom is -0.377 e. The van der Waals surface area contributed by atoms with E-state index in [1.165, 1.54) is 0 Å². The zero-order valence-corrected chi connectivity index (χ0v) is 10.5. The Morgan fingerprint density at radius 3 is 2.57 bits per heavy atom. The maximum atomic E-state index is 6.11. The van der Waals surface area contributed by atoms with Crippen LogP contribution < -0.4 is 5.73 Å². The maximum absolute atomic E-state index is 6.11. The van der Waals surface area contributed by atoms with Crippen molar-refractivity contribution in [1.29, 1.82) is 0 Å². The van der Waals surface area contributed by atoms with Gasteiger partial charge in [-0.1, -0.05) is 0 Å². The van der Waals surface area contributed by atoms with Gasteiger partial charge in [-0.3, -0.25) is 4.68 Å². The van der Waals surface area contributed by atoms with Gasteiger partial charge in [-0.25, -0.2) is 0 Å². The molecule has 0 saturated heterocycles. The van der Waals surface area contributed by atoms with E-state index < -0.39 is 5.60 Å². The van der Waals surface area contributed by atoms with E-state index in [-0.39, 0.29) is 6.04 Å². The molecule has 0 spiro atoms. The summed E-state index contributed by atoms with van der Waals surface area (Å²) in [6.45, 7) is 3.91. The lowest BCUT2D eigenvalue weighted by Gasteiger charge is -2.30. The second-order valence-corrected chi connectivity index (χ2v) is 4.64. The largest absolute Gasteiger partial charge is 0.377 e. The molecule has 1 aromatic heterocycles. The molecule has 5 heteroatoms. The quantitative estimate of drug-likeness (QED) is 0.900. The van der Waals surface area contributed by atoms with Crippen molar-refractivity contribution in [2.24, 2.45) is 12.8 Å². The molecule has 1 unspecified atom stereocenters. The van der Waals surface area contributed by atoms with E-state index in [9.17, 15) is 0 Å². The molecule has 0 radical (unpaired) electrons. The van der Waals surface area contributed by atoms with Gasteiger partial charge in [0.1, 0.15) is 0 Å². The monoisotopic (exact) mass is 261 g/mol. The Labute approximate surface area is 92.5 Å². The molecule has 2 N–H and O–H groups in total. The van der Waals surface area contributed by atoms with Crippen LogP contribution >= 0.6 is 15.9 Å². The lowest BCUT2D eigenvalue weighted by molar-refractivity contribution is -0.00219. The summed E-state index contributed by atoms with van der Waals surface area (Å²) in [4.78, 5) is 0. The van der Waals surface area contributed by atoms with Gasteiger partial charge >= 0.3 is 0 Å². The van der Waals surface area contributed by atoms with Gasteiger partial charge in [0.25, 0.3) is 0 Å². The van der Waals surface area contributed by atoms with Gasteiger partial charge in [-0.05, 0) is 29.8 Å². The molecule has 0 aromatic carbocycles. The van der Waals surface area contributed by atoms with E-state index in [2.05, 4.69) is 21.0 Å². The Kier molecular flexibility index (Phi) is 3.34. The molecule has 1 aromatic rings. The van der Waals surface area contributed by atoms with Crippen LogP contribution in [0.4, 0.5) is 0 Å². The predicted octanol–water partition coefficient (Wildman–Crippen LogP) is 1.61. The summed E-state index contributed by atoms with van der Waals surface area (Å²) >= 11 is 3.42. The minimum atomic E-state index is -0.406. The van der Waals surface area contributed by atoms with Crippen LogP contribution in [0, 0.1) is 0 Å². The van der Waals surface area contributed by atoms with Crippen molar-refractivity contribution >= 4 is 15.9 Å². The highest BCUT2D eigenvalue weighted by Crippen LogP contribution is 2.30. The van der Waals surface area contributed by atoms with Crippen LogP contribution in [0.15, 0.2) is 10.7 Å². The first-order valence-corrected chi connectivity index (χ1v) is 5.17. The normalized spacial score (nSPS) is 14.4. The number of ether oxygens (including phenoxy) is 1. The van der Waals surface area contributed by atoms with Crippen LogP contribution in [0.3, 0.4) is 0 Å². The zero-order valence-electron chi connectivity index (χ0n) is 8.91. The summed E-state index contributed by atoms with van der Waals surface area (Å²) in [5.41, 5.74) is 6.65. The Bertz CT molecular complexity index is 302. The molecule has 1 rings (SSSR count). The van der Waals surface area contributed by atoms with E-state index >= 15 is 0 Å². The zero-order chi connectivity index (χ0) is 10.9. The van der Waals surface area contributed by atoms with Crippen molar-refractivity contribution < 1.29 is 4.74 Å². The minimum absolute atomic E-state index is 0.214. The maximum Gasteiger partial charge on any atom is 0.0830 e. The van der Waals surface area contributed by atoms with Gasteiger partial charge < -0.3 is 10.5 Å². The number of hydrogen-bond acceptors (Lipinski definition) is 3. The van der Waals surface area contributed by atoms with Crippen LogP contribution in [0.25, 0.3) is 0 Å². The molecule has 0 aliphatic heterocycles. The number of halogens is 1. The number of methoxy groups -OCH3 is 1. The van der Waals surface area contributed by atoms with Gasteiger partial charge in [0.2, 0.25) is 0 Å². The summed E-state index contributed by atoms with van der Waals surface area (Å²) in [5.74, 6) is 0. The molecule has 4 nitrogen and oxygen atoms in total. The summed E-state index contributed by atoms with van der Waals surface area (Å²) in [6.07, 6.45) is 1.74. The van der Waals surface area contributed by atoms with Gasteiger partial charge in [0.05, 0.1) is 28.0 Å². The van der Waals surface area contributed by atoms with Gasteiger partial charge in [0.15, 0.2) is 0 Å². The van der Waals surface area contributed by atoms with Gasteiger partial charge in [-0.2, -0.15) is 5.10 Å². The highest BCUT2D eigenvalue weighted by atomic mass is 79.9. The first-order valence-electron chi connectivity index (χ1n) is 4.38. The fourth-order valence-electron chi connectivity index (χ4n) is 1.23. The van der Waals surface area contributed by atoms with Gasteiger partial charge in [0, 0.05) is 14.2 Å². The third-order valence-corrected chi connectivity index (χ3v) is 3.12. The molecule has 0 fully saturated rings. The number of aryl methyl sites for hydroxylation is 1. The second-order valence-electron chi connectivity index (χ2n) is 3.79. The van der Waals surface area contributed by atoms with Crippen LogP contribution in [0.1, 0.15) is 25.6 Å². The highest BCUT2D eigenvalue weighted by molar-refractivity contribution is 9.10. The van der Waals surface area contributed by atoms with Crippen LogP contribution in [-0.4, -0.2) is 22.5 Å². The molecular weight excluding hydrogens is 246 g/mol. The number of aromatic nitrogens is 2. The average molecular weight is 262 g/mol. The third-order valence-electron chi connectivity index (χ3n) is 2.51. The SMILES string of the molecule is COC(C)(C)C(N)c1c(Br)cnn1C. The third kappa shape index (κ3) is 1.99. The van der Waals surface area contributed by atoms with E-state index in [4.69, 9.17) is 10.5 Å². The van der Waals surface area contributed by atoms with Crippen molar-refractivity contribution in [3.8, 4) is 0 Å². The molecular formula is C9H16BrN3O. The standard InChI is InChI=1S/C9H16BrN3O/c1-9(2,14-4)8(11)7-6(10)5-12-13(7)3/h5,8H,11H2,1-4H3. The van der Waals surface area contributed by atoms with Crippen molar-refractivity contribution in [3.63, 3.8) is 0 Å². The molecule has 0 amide bonds. The van der Waals surface area contributed by atoms with Crippen LogP contribution in [0.5, 0.6) is 0 Å². The number of nitrogens with two attached hydrogens (primary N) is 1. The molecule has 0 aliphatic carbocycles. The van der Waals surface area contributed by atoms with Crippen molar-refractivity contribution in [2.45, 2.75) is 25.5 Å². The lowest BCUT2D eigenvalue weighted by Crippen LogP contribution is -2.38. The molecule has 0 aliphatic rings. The van der Waals surface area contributed by atoms with Crippen molar-refractivity contribution in [2.75, 3.05) is 7.11 Å². The molecule has 14 heavy (non-hydrogen) atoms. The molecule has 1 heterocycles. The van der Waals surface area contributed by atoms with E-state index in [1.807, 2.05) is 20.9 Å². The van der Waals surface area contributed by atoms with Crippen molar-refractivity contribution in [1.82, 2.24) is 9.78 Å². The fourth-order valence-corrected chi connectivity index (χ4v) is 1.82. The summed E-state index contributed by atoms with van der Waals surface area (Å²) < 4.78 is 8.02. The smallest absolute Gasteiger partial charge is 0.0830 e. The number of hydrogen-bond donors (Lipinski definition) is 1. The van der Waals surface area contributed by atoms with E-state index in [1.54, 1.807) is 18.0 Å². The van der Waals surface area contributed by atoms with E-state index in [0.717, 1.165) is 10.2 Å². The van der Waals surface area contributed by atoms with Crippen molar-refractivity contribution in [3.05, 3.63) is 16.4 Å². The summed E-state index contributed by atoms with van der Waals surface area (Å²) in [7, 11) is 3.52. The van der Waals surface area contributed by atoms with Crippen LogP contribution in [0.2, 0.25) is 0 Å². The number of nitrogens with zero attached hydrogens (tertiary/aromatic N) is 2. The first kappa shape index (κ1) is 11.7. The topological polar surface area (TPSA) is 53.1 Å². The predicted molar refractivity (Wildman–Crippen MR) is 58.9 cm³/mol. The van der Waals surface area contributed by atoms with E-state index in [0.29, 0.717) is 0 Å². The summed E-state index contributed by atoms with van der Waals surface area (Å²) in [5, 5.41) is 4.12. The number of rotatable bonds is 3.